The Bertz CT molecular complexity index is 1090. The standard InChI is InChI=1S/C25H32N4O8/c1-13(26)22(33)27-19(11-15-3-7-17(31)8-4-15)23(34)28-20(12-16-5-9-18(32)10-6-16)24(35)29-21(14(2)30)25(36)37/h3-10,13-14,19-21,30-32H,11-12,26H2,1-2H3,(H,27,33)(H,28,34)(H,29,35)(H,36,37). The minimum Gasteiger partial charge on any atom is -0.508 e. The molecule has 3 amide bonds. The monoisotopic (exact) mass is 516 g/mol. The van der Waals surface area contributed by atoms with Gasteiger partial charge < -0.3 is 42.1 Å². The number of aliphatic hydroxyl groups is 1. The van der Waals surface area contributed by atoms with E-state index in [0.29, 0.717) is 11.1 Å². The Morgan fingerprint density at radius 1 is 0.730 bits per heavy atom. The second-order valence-corrected chi connectivity index (χ2v) is 8.72. The predicted octanol–water partition coefficient (Wildman–Crippen LogP) is -0.850. The van der Waals surface area contributed by atoms with Gasteiger partial charge in [0.05, 0.1) is 12.1 Å². The van der Waals surface area contributed by atoms with Gasteiger partial charge in [-0.05, 0) is 49.2 Å². The van der Waals surface area contributed by atoms with Gasteiger partial charge in [0.15, 0.2) is 6.04 Å². The first-order valence-electron chi connectivity index (χ1n) is 11.5. The predicted molar refractivity (Wildman–Crippen MR) is 132 cm³/mol. The highest BCUT2D eigenvalue weighted by Crippen LogP contribution is 2.14. The minimum absolute atomic E-state index is 0.00352. The summed E-state index contributed by atoms with van der Waals surface area (Å²) in [6, 6.07) is 6.78. The molecule has 0 heterocycles. The molecule has 0 saturated heterocycles. The number of rotatable bonds is 12. The number of aromatic hydroxyl groups is 2. The summed E-state index contributed by atoms with van der Waals surface area (Å²) in [5.41, 5.74) is 6.77. The third-order valence-corrected chi connectivity index (χ3v) is 5.48. The van der Waals surface area contributed by atoms with Gasteiger partial charge >= 0.3 is 5.97 Å². The van der Waals surface area contributed by atoms with E-state index in [1.54, 1.807) is 12.1 Å². The molecule has 5 atom stereocenters. The maximum Gasteiger partial charge on any atom is 0.328 e. The maximum absolute atomic E-state index is 13.3. The molecule has 2 aromatic carbocycles. The molecule has 12 heteroatoms. The number of nitrogens with one attached hydrogen (secondary N) is 3. The molecule has 0 aliphatic carbocycles. The van der Waals surface area contributed by atoms with E-state index in [1.165, 1.54) is 50.2 Å². The average Bonchev–Trinajstić information content (AvgIpc) is 2.83. The summed E-state index contributed by atoms with van der Waals surface area (Å²) in [6.45, 7) is 2.64. The Balaban J connectivity index is 2.32. The number of phenols is 2. The number of benzene rings is 2. The normalized spacial score (nSPS) is 14.9. The van der Waals surface area contributed by atoms with Crippen LogP contribution in [0.25, 0.3) is 0 Å². The van der Waals surface area contributed by atoms with E-state index in [0.717, 1.165) is 0 Å². The Hall–Kier alpha value is -4.16. The van der Waals surface area contributed by atoms with Crippen LogP contribution in [-0.4, -0.2) is 74.4 Å². The summed E-state index contributed by atoms with van der Waals surface area (Å²) in [4.78, 5) is 50.1. The fraction of sp³-hybridized carbons (Fsp3) is 0.360. The Morgan fingerprint density at radius 3 is 1.46 bits per heavy atom. The van der Waals surface area contributed by atoms with Crippen LogP contribution < -0.4 is 21.7 Å². The van der Waals surface area contributed by atoms with E-state index >= 15 is 0 Å². The van der Waals surface area contributed by atoms with Gasteiger partial charge in [0.1, 0.15) is 23.6 Å². The van der Waals surface area contributed by atoms with Crippen molar-refractivity contribution in [1.82, 2.24) is 16.0 Å². The number of carbonyl (C=O) groups excluding carboxylic acids is 3. The summed E-state index contributed by atoms with van der Waals surface area (Å²) >= 11 is 0. The molecular formula is C25H32N4O8. The molecule has 9 N–H and O–H groups in total. The van der Waals surface area contributed by atoms with Crippen LogP contribution in [0.1, 0.15) is 25.0 Å². The number of amides is 3. The van der Waals surface area contributed by atoms with E-state index in [-0.39, 0.29) is 24.3 Å². The molecule has 0 aliphatic heterocycles. The van der Waals surface area contributed by atoms with Crippen LogP contribution in [0.4, 0.5) is 0 Å². The molecule has 0 bridgehead atoms. The van der Waals surface area contributed by atoms with Gasteiger partial charge in [0.25, 0.3) is 0 Å². The first-order valence-corrected chi connectivity index (χ1v) is 11.5. The van der Waals surface area contributed by atoms with Gasteiger partial charge in [-0.25, -0.2) is 4.79 Å². The van der Waals surface area contributed by atoms with E-state index in [9.17, 15) is 39.6 Å². The van der Waals surface area contributed by atoms with Crippen molar-refractivity contribution in [2.75, 3.05) is 0 Å². The zero-order chi connectivity index (χ0) is 27.7. The van der Waals surface area contributed by atoms with Crippen molar-refractivity contribution in [3.63, 3.8) is 0 Å². The van der Waals surface area contributed by atoms with Crippen molar-refractivity contribution < 1.29 is 39.6 Å². The lowest BCUT2D eigenvalue weighted by Gasteiger charge is -2.26. The van der Waals surface area contributed by atoms with Crippen molar-refractivity contribution in [2.24, 2.45) is 5.73 Å². The van der Waals surface area contributed by atoms with E-state index < -0.39 is 54.0 Å². The van der Waals surface area contributed by atoms with Crippen molar-refractivity contribution >= 4 is 23.7 Å². The summed E-state index contributed by atoms with van der Waals surface area (Å²) in [6.07, 6.45) is -1.50. The number of hydrogen-bond acceptors (Lipinski definition) is 8. The molecule has 200 valence electrons. The highest BCUT2D eigenvalue weighted by Gasteiger charge is 2.32. The molecule has 0 aliphatic rings. The van der Waals surface area contributed by atoms with Crippen LogP contribution in [0, 0.1) is 0 Å². The lowest BCUT2D eigenvalue weighted by atomic mass is 10.0. The third-order valence-electron chi connectivity index (χ3n) is 5.48. The third kappa shape index (κ3) is 9.09. The van der Waals surface area contributed by atoms with Gasteiger partial charge in [-0.15, -0.1) is 0 Å². The first kappa shape index (κ1) is 29.1. The molecule has 2 rings (SSSR count). The number of phenolic OH excluding ortho intramolecular Hbond substituents is 2. The largest absolute Gasteiger partial charge is 0.508 e. The smallest absolute Gasteiger partial charge is 0.328 e. The summed E-state index contributed by atoms with van der Waals surface area (Å²) in [7, 11) is 0. The summed E-state index contributed by atoms with van der Waals surface area (Å²) < 4.78 is 0. The summed E-state index contributed by atoms with van der Waals surface area (Å²) in [5, 5.41) is 45.4. The van der Waals surface area contributed by atoms with Crippen LogP contribution >= 0.6 is 0 Å². The molecule has 5 unspecified atom stereocenters. The van der Waals surface area contributed by atoms with E-state index in [1.807, 2.05) is 0 Å². The molecule has 0 saturated carbocycles. The fourth-order valence-electron chi connectivity index (χ4n) is 3.37. The fourth-order valence-corrected chi connectivity index (χ4v) is 3.37. The molecule has 0 spiro atoms. The number of hydrogen-bond donors (Lipinski definition) is 8. The number of carboxylic acid groups (broad SMARTS) is 1. The van der Waals surface area contributed by atoms with Gasteiger partial charge in [-0.1, -0.05) is 24.3 Å². The Labute approximate surface area is 213 Å². The molecule has 12 nitrogen and oxygen atoms in total. The maximum atomic E-state index is 13.3. The number of aliphatic hydroxyl groups excluding tert-OH is 1. The van der Waals surface area contributed by atoms with Crippen molar-refractivity contribution in [3.05, 3.63) is 59.7 Å². The SMILES string of the molecule is CC(N)C(=O)NC(Cc1ccc(O)cc1)C(=O)NC(Cc1ccc(O)cc1)C(=O)NC(C(=O)O)C(C)O. The number of carboxylic acids is 1. The lowest BCUT2D eigenvalue weighted by Crippen LogP contribution is -2.59. The second kappa shape index (κ2) is 13.2. The highest BCUT2D eigenvalue weighted by atomic mass is 16.4. The number of aliphatic carboxylic acids is 1. The van der Waals surface area contributed by atoms with Crippen molar-refractivity contribution in [1.29, 1.82) is 0 Å². The van der Waals surface area contributed by atoms with Gasteiger partial charge in [-0.3, -0.25) is 14.4 Å². The Kier molecular flexibility index (Phi) is 10.4. The zero-order valence-corrected chi connectivity index (χ0v) is 20.4. The van der Waals surface area contributed by atoms with Gasteiger partial charge in [0, 0.05) is 12.8 Å². The molecule has 37 heavy (non-hydrogen) atoms. The van der Waals surface area contributed by atoms with Crippen molar-refractivity contribution in [3.8, 4) is 11.5 Å². The topological polar surface area (TPSA) is 211 Å². The molecule has 0 fully saturated rings. The van der Waals surface area contributed by atoms with E-state index in [4.69, 9.17) is 5.73 Å². The van der Waals surface area contributed by atoms with Crippen molar-refractivity contribution in [2.45, 2.75) is 57.0 Å². The Morgan fingerprint density at radius 2 is 1.11 bits per heavy atom. The second-order valence-electron chi connectivity index (χ2n) is 8.72. The van der Waals surface area contributed by atoms with Crippen LogP contribution in [-0.2, 0) is 32.0 Å². The van der Waals surface area contributed by atoms with Crippen LogP contribution in [0.3, 0.4) is 0 Å². The molecular weight excluding hydrogens is 484 g/mol. The average molecular weight is 517 g/mol. The highest BCUT2D eigenvalue weighted by molar-refractivity contribution is 5.94. The summed E-state index contributed by atoms with van der Waals surface area (Å²) in [5.74, 6) is -3.70. The molecule has 2 aromatic rings. The zero-order valence-electron chi connectivity index (χ0n) is 20.4. The minimum atomic E-state index is -1.63. The molecule has 0 aromatic heterocycles. The quantitative estimate of drug-likeness (QED) is 0.176. The van der Waals surface area contributed by atoms with Crippen LogP contribution in [0.5, 0.6) is 11.5 Å². The van der Waals surface area contributed by atoms with Gasteiger partial charge in [-0.2, -0.15) is 0 Å². The van der Waals surface area contributed by atoms with Crippen LogP contribution in [0.15, 0.2) is 48.5 Å². The van der Waals surface area contributed by atoms with E-state index in [2.05, 4.69) is 16.0 Å². The van der Waals surface area contributed by atoms with Gasteiger partial charge in [0.2, 0.25) is 17.7 Å². The first-order chi connectivity index (χ1) is 17.4. The lowest BCUT2D eigenvalue weighted by molar-refractivity contribution is -0.145. The van der Waals surface area contributed by atoms with Crippen LogP contribution in [0.2, 0.25) is 0 Å². The molecule has 0 radical (unpaired) electrons. The number of nitrogens with two attached hydrogens (primary N) is 1. The number of carbonyl (C=O) groups is 4.